The van der Waals surface area contributed by atoms with Crippen molar-refractivity contribution in [1.82, 2.24) is 10.6 Å². The van der Waals surface area contributed by atoms with Gasteiger partial charge in [0, 0.05) is 5.56 Å². The highest BCUT2D eigenvalue weighted by molar-refractivity contribution is 5.85. The number of carboxylic acid groups (broad SMARTS) is 1. The molecule has 4 rings (SSSR count). The lowest BCUT2D eigenvalue weighted by Crippen LogP contribution is -2.70. The lowest BCUT2D eigenvalue weighted by Gasteiger charge is -2.47. The molecule has 0 unspecified atom stereocenters. The minimum atomic E-state index is -0.973. The highest BCUT2D eigenvalue weighted by Gasteiger charge is 2.45. The number of benzene rings is 1. The Bertz CT molecular complexity index is 847. The molecule has 2 aliphatic heterocycles. The number of hydrogen-bond donors (Lipinski definition) is 3. The number of halogens is 2. The topological polar surface area (TPSA) is 106 Å². The second-order valence-electron chi connectivity index (χ2n) is 9.26. The van der Waals surface area contributed by atoms with Crippen molar-refractivity contribution in [3.8, 4) is 5.75 Å². The van der Waals surface area contributed by atoms with Gasteiger partial charge in [-0.05, 0) is 57.1 Å². The molecule has 1 aromatic carbocycles. The van der Waals surface area contributed by atoms with E-state index < -0.39 is 17.3 Å². The maximum Gasteiger partial charge on any atom is 0.306 e. The Labute approximate surface area is 205 Å². The van der Waals surface area contributed by atoms with Gasteiger partial charge in [0.2, 0.25) is 5.91 Å². The lowest BCUT2D eigenvalue weighted by molar-refractivity contribution is -0.139. The van der Waals surface area contributed by atoms with Crippen LogP contribution in [0.15, 0.2) is 18.2 Å². The van der Waals surface area contributed by atoms with E-state index in [1.807, 2.05) is 6.07 Å². The number of aliphatic carboxylic acids is 1. The molecule has 0 aromatic heterocycles. The molecule has 1 amide bonds. The van der Waals surface area contributed by atoms with Crippen LogP contribution in [0.4, 0.5) is 4.39 Å². The second-order valence-corrected chi connectivity index (χ2v) is 9.26. The summed E-state index contributed by atoms with van der Waals surface area (Å²) in [4.78, 5) is 22.7. The van der Waals surface area contributed by atoms with E-state index in [4.69, 9.17) is 19.3 Å². The molecule has 1 aliphatic carbocycles. The fraction of sp³-hybridized carbons (Fsp3) is 0.667. The van der Waals surface area contributed by atoms with Gasteiger partial charge in [0.05, 0.1) is 43.9 Å². The van der Waals surface area contributed by atoms with Gasteiger partial charge in [-0.1, -0.05) is 12.1 Å². The molecule has 3 fully saturated rings. The number of morpholine rings is 1. The monoisotopic (exact) mass is 500 g/mol. The van der Waals surface area contributed by atoms with E-state index in [2.05, 4.69) is 10.6 Å². The summed E-state index contributed by atoms with van der Waals surface area (Å²) in [6.45, 7) is 1.95. The Morgan fingerprint density at radius 3 is 2.79 bits per heavy atom. The molecule has 10 heteroatoms. The van der Waals surface area contributed by atoms with Gasteiger partial charge in [0.25, 0.3) is 0 Å². The average Bonchev–Trinajstić information content (AvgIpc) is 2.80. The number of carbonyl (C=O) groups excluding carboxylic acids is 1. The first-order valence-electron chi connectivity index (χ1n) is 11.8. The molecule has 8 nitrogen and oxygen atoms in total. The number of amides is 1. The zero-order valence-electron chi connectivity index (χ0n) is 19.2. The van der Waals surface area contributed by atoms with Gasteiger partial charge in [-0.3, -0.25) is 9.59 Å². The van der Waals surface area contributed by atoms with Crippen molar-refractivity contribution in [2.75, 3.05) is 33.0 Å². The second kappa shape index (κ2) is 12.2. The van der Waals surface area contributed by atoms with Crippen molar-refractivity contribution in [3.05, 3.63) is 29.6 Å². The molecule has 2 heterocycles. The number of rotatable bonds is 8. The molecule has 34 heavy (non-hydrogen) atoms. The summed E-state index contributed by atoms with van der Waals surface area (Å²) < 4.78 is 31.7. The number of carbonyl (C=O) groups is 2. The maximum atomic E-state index is 14.4. The summed E-state index contributed by atoms with van der Waals surface area (Å²) in [5, 5.41) is 15.5. The highest BCUT2D eigenvalue weighted by atomic mass is 35.5. The van der Waals surface area contributed by atoms with Gasteiger partial charge >= 0.3 is 5.97 Å². The molecule has 3 N–H and O–H groups in total. The zero-order chi connectivity index (χ0) is 23.3. The van der Waals surface area contributed by atoms with Crippen molar-refractivity contribution in [1.29, 1.82) is 0 Å². The van der Waals surface area contributed by atoms with Crippen molar-refractivity contribution in [3.63, 3.8) is 0 Å². The average molecular weight is 501 g/mol. The molecule has 1 spiro atoms. The minimum absolute atomic E-state index is 0. The van der Waals surface area contributed by atoms with E-state index in [0.717, 1.165) is 50.6 Å². The van der Waals surface area contributed by atoms with Gasteiger partial charge in [0.15, 0.2) is 11.6 Å². The van der Waals surface area contributed by atoms with Crippen molar-refractivity contribution < 1.29 is 33.3 Å². The summed E-state index contributed by atoms with van der Waals surface area (Å²) in [5.41, 5.74) is 0.392. The number of carboxylic acids is 1. The number of hydrogen-bond acceptors (Lipinski definition) is 6. The van der Waals surface area contributed by atoms with Crippen LogP contribution < -0.4 is 15.4 Å². The molecule has 2 atom stereocenters. The van der Waals surface area contributed by atoms with E-state index in [-0.39, 0.29) is 61.8 Å². The quantitative estimate of drug-likeness (QED) is 0.504. The third kappa shape index (κ3) is 6.38. The molecule has 190 valence electrons. The minimum Gasteiger partial charge on any atom is -0.490 e. The summed E-state index contributed by atoms with van der Waals surface area (Å²) >= 11 is 0. The fourth-order valence-electron chi connectivity index (χ4n) is 5.28. The van der Waals surface area contributed by atoms with E-state index in [0.29, 0.717) is 13.2 Å². The van der Waals surface area contributed by atoms with Crippen LogP contribution in [0.1, 0.15) is 56.4 Å². The molecule has 1 aromatic rings. The normalized spacial score (nSPS) is 29.2. The first-order valence-corrected chi connectivity index (χ1v) is 11.8. The van der Waals surface area contributed by atoms with E-state index in [9.17, 15) is 14.0 Å². The van der Waals surface area contributed by atoms with Crippen LogP contribution in [0.3, 0.4) is 0 Å². The predicted molar refractivity (Wildman–Crippen MR) is 125 cm³/mol. The molecular weight excluding hydrogens is 467 g/mol. The summed E-state index contributed by atoms with van der Waals surface area (Å²) in [6.07, 6.45) is 5.16. The van der Waals surface area contributed by atoms with E-state index in [1.54, 1.807) is 6.07 Å². The number of ether oxygens (including phenoxy) is 3. The number of nitrogens with one attached hydrogen (secondary N) is 2. The van der Waals surface area contributed by atoms with Crippen LogP contribution in [0.5, 0.6) is 5.75 Å². The molecular formula is C24H34ClFN2O6. The molecule has 3 aliphatic rings. The largest absolute Gasteiger partial charge is 0.490 e. The summed E-state index contributed by atoms with van der Waals surface area (Å²) in [6, 6.07) is 4.89. The fourth-order valence-corrected chi connectivity index (χ4v) is 5.28. The first kappa shape index (κ1) is 26.7. The molecule has 2 saturated heterocycles. The van der Waals surface area contributed by atoms with E-state index >= 15 is 0 Å². The molecule has 0 radical (unpaired) electrons. The number of piperidine rings is 1. The zero-order valence-corrected chi connectivity index (χ0v) is 20.0. The highest BCUT2D eigenvalue weighted by Crippen LogP contribution is 2.39. The van der Waals surface area contributed by atoms with Crippen LogP contribution >= 0.6 is 12.4 Å². The molecule has 0 bridgehead atoms. The van der Waals surface area contributed by atoms with Gasteiger partial charge in [-0.15, -0.1) is 12.4 Å². The Morgan fingerprint density at radius 2 is 2.06 bits per heavy atom. The van der Waals surface area contributed by atoms with Crippen LogP contribution in [-0.4, -0.2) is 67.6 Å². The summed E-state index contributed by atoms with van der Waals surface area (Å²) in [5.74, 6) is -1.19. The van der Waals surface area contributed by atoms with Crippen molar-refractivity contribution >= 4 is 24.3 Å². The van der Waals surface area contributed by atoms with Gasteiger partial charge < -0.3 is 30.0 Å². The van der Waals surface area contributed by atoms with Gasteiger partial charge in [-0.2, -0.15) is 0 Å². The number of para-hydroxylation sites is 1. The smallest absolute Gasteiger partial charge is 0.306 e. The van der Waals surface area contributed by atoms with Crippen LogP contribution in [0, 0.1) is 5.82 Å². The maximum absolute atomic E-state index is 14.4. The third-order valence-corrected chi connectivity index (χ3v) is 7.01. The SMILES string of the molecule is Cl.O=C(O)CCOc1c(F)cccc1C1CCC(OC[C@@H]2NCCC[C@@]23COCC(=O)N3)CC1. The third-order valence-electron chi connectivity index (χ3n) is 7.01. The van der Waals surface area contributed by atoms with Crippen molar-refractivity contribution in [2.24, 2.45) is 0 Å². The summed E-state index contributed by atoms with van der Waals surface area (Å²) in [7, 11) is 0. The van der Waals surface area contributed by atoms with Crippen LogP contribution in [-0.2, 0) is 19.1 Å². The Balaban J connectivity index is 0.00000324. The molecule has 1 saturated carbocycles. The van der Waals surface area contributed by atoms with Crippen LogP contribution in [0.2, 0.25) is 0 Å². The van der Waals surface area contributed by atoms with Gasteiger partial charge in [0.1, 0.15) is 6.61 Å². The van der Waals surface area contributed by atoms with E-state index in [1.165, 1.54) is 6.07 Å². The Morgan fingerprint density at radius 1 is 1.26 bits per heavy atom. The Hall–Kier alpha value is -1.94. The van der Waals surface area contributed by atoms with Crippen LogP contribution in [0.25, 0.3) is 0 Å². The Kier molecular flexibility index (Phi) is 9.53. The van der Waals surface area contributed by atoms with Gasteiger partial charge in [-0.25, -0.2) is 4.39 Å². The van der Waals surface area contributed by atoms with Crippen molar-refractivity contribution in [2.45, 2.75) is 68.5 Å². The predicted octanol–water partition coefficient (Wildman–Crippen LogP) is 2.78. The standard InChI is InChI=1S/C24H33FN2O6.ClH/c25-19-4-1-3-18(23(19)32-12-9-22(29)30)16-5-7-17(8-6-16)33-13-20-24(10-2-11-26-20)15-31-14-21(28)27-24;/h1,3-4,16-17,20,26H,2,5-15H2,(H,27,28)(H,29,30);1H/t16?,17?,20-,24+;/m0./s1. The first-order chi connectivity index (χ1) is 16.0. The lowest BCUT2D eigenvalue weighted by atomic mass is 9.81.